The van der Waals surface area contributed by atoms with E-state index in [0.717, 1.165) is 0 Å². The number of rotatable bonds is 3. The van der Waals surface area contributed by atoms with E-state index in [0.29, 0.717) is 0 Å². The first kappa shape index (κ1) is 6.86. The molecule has 0 saturated heterocycles. The van der Waals surface area contributed by atoms with Crippen LogP contribution in [-0.4, -0.2) is 6.61 Å². The van der Waals surface area contributed by atoms with Crippen LogP contribution in [0.1, 0.15) is 0 Å². The Balaban J connectivity index is 2.97. The van der Waals surface area contributed by atoms with Crippen molar-refractivity contribution in [3.8, 4) is 0 Å². The van der Waals surface area contributed by atoms with E-state index in [1.807, 2.05) is 0 Å². The summed E-state index contributed by atoms with van der Waals surface area (Å²) in [5.74, 6) is 0. The lowest BCUT2D eigenvalue weighted by Crippen LogP contribution is -1.73. The second-order valence-electron chi connectivity index (χ2n) is 0.837. The minimum Gasteiger partial charge on any atom is -0.303 e. The second kappa shape index (κ2) is 4.03. The van der Waals surface area contributed by atoms with Gasteiger partial charge in [-0.3, -0.25) is 4.57 Å². The van der Waals surface area contributed by atoms with Crippen LogP contribution >= 0.6 is 8.34 Å². The zero-order valence-corrected chi connectivity index (χ0v) is 4.69. The first-order chi connectivity index (χ1) is 3.27. The highest BCUT2D eigenvalue weighted by atomic mass is 31.2. The zero-order valence-electron chi connectivity index (χ0n) is 3.69. The smallest absolute Gasteiger partial charge is 0.303 e. The van der Waals surface area contributed by atoms with Gasteiger partial charge in [0, 0.05) is 0 Å². The Hall–Kier alpha value is -0.140. The van der Waals surface area contributed by atoms with Crippen molar-refractivity contribution in [2.24, 2.45) is 0 Å². The van der Waals surface area contributed by atoms with Crippen molar-refractivity contribution in [1.82, 2.24) is 0 Å². The fourth-order valence-corrected chi connectivity index (χ4v) is 0.373. The summed E-state index contributed by atoms with van der Waals surface area (Å²) in [6.45, 7) is 3.24. The molecule has 0 aromatic carbocycles. The average Bonchev–Trinajstić information content (AvgIpc) is 1.61. The Morgan fingerprint density at radius 2 is 2.57 bits per heavy atom. The second-order valence-corrected chi connectivity index (χ2v) is 1.60. The van der Waals surface area contributed by atoms with Crippen molar-refractivity contribution in [2.45, 2.75) is 0 Å². The van der Waals surface area contributed by atoms with Crippen molar-refractivity contribution in [1.29, 1.82) is 0 Å². The van der Waals surface area contributed by atoms with Crippen molar-refractivity contribution in [3.05, 3.63) is 12.7 Å². The van der Waals surface area contributed by atoms with Gasteiger partial charge >= 0.3 is 8.34 Å². The maximum Gasteiger partial charge on any atom is 0.356 e. The highest BCUT2D eigenvalue weighted by Crippen LogP contribution is 2.21. The third kappa shape index (κ3) is 5.86. The maximum atomic E-state index is 11.2. The summed E-state index contributed by atoms with van der Waals surface area (Å²) in [5, 5.41) is 0. The van der Waals surface area contributed by atoms with Crippen molar-refractivity contribution in [2.75, 3.05) is 6.61 Å². The van der Waals surface area contributed by atoms with E-state index < -0.39 is 8.34 Å². The predicted octanol–water partition coefficient (Wildman–Crippen LogP) is 1.55. The molecule has 0 saturated carbocycles. The van der Waals surface area contributed by atoms with E-state index in [9.17, 15) is 8.76 Å². The van der Waals surface area contributed by atoms with Crippen molar-refractivity contribution >= 4 is 8.34 Å². The molecule has 0 aliphatic heterocycles. The standard InChI is InChI=1S/C3H6FO2P/c1-2-3-6-7(4)5/h2,7H,1,3H2. The van der Waals surface area contributed by atoms with Gasteiger partial charge in [-0.1, -0.05) is 6.08 Å². The van der Waals surface area contributed by atoms with Gasteiger partial charge in [-0.15, -0.1) is 6.58 Å². The third-order valence-electron chi connectivity index (χ3n) is 0.315. The summed E-state index contributed by atoms with van der Waals surface area (Å²) >= 11 is 0. The Morgan fingerprint density at radius 3 is 2.71 bits per heavy atom. The number of hydrogen-bond donors (Lipinski definition) is 0. The predicted molar refractivity (Wildman–Crippen MR) is 26.3 cm³/mol. The highest BCUT2D eigenvalue weighted by molar-refractivity contribution is 7.32. The maximum absolute atomic E-state index is 11.2. The molecule has 1 unspecified atom stereocenters. The molecule has 0 aromatic rings. The lowest BCUT2D eigenvalue weighted by Gasteiger charge is -1.86. The first-order valence-corrected chi connectivity index (χ1v) is 2.90. The molecular weight excluding hydrogens is 118 g/mol. The SMILES string of the molecule is C=CCO[PH](=O)F. The summed E-state index contributed by atoms with van der Waals surface area (Å²) < 4.78 is 24.6. The van der Waals surface area contributed by atoms with Crippen LogP contribution in [0.25, 0.3) is 0 Å². The molecule has 0 bridgehead atoms. The molecule has 1 atom stereocenters. The van der Waals surface area contributed by atoms with Gasteiger partial charge in [0.1, 0.15) is 0 Å². The van der Waals surface area contributed by atoms with Crippen LogP contribution in [0.15, 0.2) is 12.7 Å². The van der Waals surface area contributed by atoms with Crippen LogP contribution in [0.2, 0.25) is 0 Å². The van der Waals surface area contributed by atoms with Gasteiger partial charge in [0.25, 0.3) is 0 Å². The van der Waals surface area contributed by atoms with Crippen LogP contribution in [0.4, 0.5) is 4.20 Å². The molecule has 0 spiro atoms. The molecule has 0 rings (SSSR count). The lowest BCUT2D eigenvalue weighted by atomic mass is 10.7. The molecule has 0 aromatic heterocycles. The fourth-order valence-electron chi connectivity index (χ4n) is 0.124. The van der Waals surface area contributed by atoms with Gasteiger partial charge in [-0.25, -0.2) is 0 Å². The molecule has 0 radical (unpaired) electrons. The van der Waals surface area contributed by atoms with Gasteiger partial charge in [-0.2, -0.15) is 4.20 Å². The van der Waals surface area contributed by atoms with Gasteiger partial charge in [0.2, 0.25) is 0 Å². The van der Waals surface area contributed by atoms with Crippen molar-refractivity contribution < 1.29 is 13.3 Å². The van der Waals surface area contributed by atoms with Crippen LogP contribution in [0.5, 0.6) is 0 Å². The summed E-state index contributed by atoms with van der Waals surface area (Å²) in [4.78, 5) is 0. The Kier molecular flexibility index (Phi) is 3.95. The summed E-state index contributed by atoms with van der Waals surface area (Å²) in [5.41, 5.74) is 0. The van der Waals surface area contributed by atoms with E-state index in [2.05, 4.69) is 11.1 Å². The number of hydrogen-bond acceptors (Lipinski definition) is 2. The van der Waals surface area contributed by atoms with E-state index in [1.165, 1.54) is 6.08 Å². The lowest BCUT2D eigenvalue weighted by molar-refractivity contribution is 0.343. The molecule has 4 heteroatoms. The zero-order chi connectivity index (χ0) is 5.70. The molecule has 0 N–H and O–H groups in total. The molecule has 0 aliphatic carbocycles. The van der Waals surface area contributed by atoms with Crippen LogP contribution in [0.3, 0.4) is 0 Å². The van der Waals surface area contributed by atoms with E-state index in [4.69, 9.17) is 0 Å². The van der Waals surface area contributed by atoms with Gasteiger partial charge < -0.3 is 4.52 Å². The molecule has 0 fully saturated rings. The Bertz CT molecular complexity index is 83.0. The summed E-state index contributed by atoms with van der Waals surface area (Å²) in [6, 6.07) is 0. The quantitative estimate of drug-likeness (QED) is 0.421. The normalized spacial score (nSPS) is 13.3. The van der Waals surface area contributed by atoms with Crippen LogP contribution in [0, 0.1) is 0 Å². The molecule has 0 heterocycles. The average molecular weight is 124 g/mol. The van der Waals surface area contributed by atoms with E-state index in [1.54, 1.807) is 0 Å². The van der Waals surface area contributed by atoms with Gasteiger partial charge in [0.05, 0.1) is 6.61 Å². The summed E-state index contributed by atoms with van der Waals surface area (Å²) in [7, 11) is -3.22. The minimum absolute atomic E-state index is 0.0221. The minimum atomic E-state index is -3.22. The summed E-state index contributed by atoms with van der Waals surface area (Å²) in [6.07, 6.45) is 1.34. The first-order valence-electron chi connectivity index (χ1n) is 1.70. The van der Waals surface area contributed by atoms with Gasteiger partial charge in [0.15, 0.2) is 0 Å². The van der Waals surface area contributed by atoms with Crippen molar-refractivity contribution in [3.63, 3.8) is 0 Å². The molecule has 7 heavy (non-hydrogen) atoms. The largest absolute Gasteiger partial charge is 0.356 e. The fraction of sp³-hybridized carbons (Fsp3) is 0.333. The van der Waals surface area contributed by atoms with Gasteiger partial charge in [-0.05, 0) is 0 Å². The Morgan fingerprint density at radius 1 is 2.00 bits per heavy atom. The molecular formula is C3H6FO2P. The molecule has 0 aliphatic rings. The Labute approximate surface area is 42.0 Å². The monoisotopic (exact) mass is 124 g/mol. The number of halogens is 1. The van der Waals surface area contributed by atoms with E-state index in [-0.39, 0.29) is 6.61 Å². The molecule has 2 nitrogen and oxygen atoms in total. The van der Waals surface area contributed by atoms with Crippen LogP contribution in [-0.2, 0) is 9.09 Å². The topological polar surface area (TPSA) is 26.3 Å². The highest BCUT2D eigenvalue weighted by Gasteiger charge is 1.86. The van der Waals surface area contributed by atoms with E-state index >= 15 is 0 Å². The molecule has 0 amide bonds. The molecule has 42 valence electrons. The van der Waals surface area contributed by atoms with Crippen LogP contribution < -0.4 is 0 Å². The third-order valence-corrected chi connectivity index (χ3v) is 0.708.